The number of carbonyl (C=O) groups is 1. The largest absolute Gasteiger partial charge is 0.491 e. The van der Waals surface area contributed by atoms with Crippen molar-refractivity contribution in [2.75, 3.05) is 5.32 Å². The number of amides is 1. The van der Waals surface area contributed by atoms with Crippen LogP contribution in [0.25, 0.3) is 5.82 Å². The molecule has 0 saturated carbocycles. The normalized spacial score (nSPS) is 16.0. The predicted molar refractivity (Wildman–Crippen MR) is 104 cm³/mol. The molecule has 1 amide bonds. The monoisotopic (exact) mass is 379 g/mol. The van der Waals surface area contributed by atoms with E-state index in [4.69, 9.17) is 4.74 Å². The number of hydrogen-bond donors (Lipinski definition) is 2. The lowest BCUT2D eigenvalue weighted by Crippen LogP contribution is -2.25. The standard InChI is InChI=1S/C20H21N5O3/c1-11(2)28-14-6-4-5-13(9-14)15-10-18(27)21-20-19(15)12(3)24-25(20)16-7-8-17(26)23-22-16/h4-9,11,15H,10H2,1-3H3,(H,21,27)(H,23,26)/t15-/m1/s1. The molecule has 1 aromatic carbocycles. The van der Waals surface area contributed by atoms with Crippen molar-refractivity contribution >= 4 is 11.7 Å². The summed E-state index contributed by atoms with van der Waals surface area (Å²) in [5, 5.41) is 13.9. The number of rotatable bonds is 4. The first-order valence-corrected chi connectivity index (χ1v) is 9.14. The van der Waals surface area contributed by atoms with Crippen molar-refractivity contribution in [3.8, 4) is 11.6 Å². The first-order valence-electron chi connectivity index (χ1n) is 9.14. The molecule has 28 heavy (non-hydrogen) atoms. The number of aromatic amines is 1. The van der Waals surface area contributed by atoms with Crippen molar-refractivity contribution in [1.82, 2.24) is 20.0 Å². The summed E-state index contributed by atoms with van der Waals surface area (Å²) in [6.07, 6.45) is 0.389. The van der Waals surface area contributed by atoms with Gasteiger partial charge in [-0.05, 0) is 44.5 Å². The van der Waals surface area contributed by atoms with Crippen LogP contribution in [0.1, 0.15) is 43.0 Å². The molecule has 2 aromatic heterocycles. The third-order valence-electron chi connectivity index (χ3n) is 4.62. The number of nitrogens with zero attached hydrogens (tertiary/aromatic N) is 3. The van der Waals surface area contributed by atoms with E-state index in [1.54, 1.807) is 10.7 Å². The molecule has 8 heteroatoms. The van der Waals surface area contributed by atoms with Gasteiger partial charge in [-0.1, -0.05) is 12.1 Å². The molecule has 0 spiro atoms. The SMILES string of the molecule is Cc1nn(-c2ccc(=O)[nH]n2)c2c1[C@@H](c1cccc(OC(C)C)c1)CC(=O)N2. The zero-order valence-electron chi connectivity index (χ0n) is 15.9. The molecular weight excluding hydrogens is 358 g/mol. The molecule has 3 aromatic rings. The number of benzene rings is 1. The molecule has 2 N–H and O–H groups in total. The van der Waals surface area contributed by atoms with E-state index in [9.17, 15) is 9.59 Å². The Kier molecular flexibility index (Phi) is 4.46. The lowest BCUT2D eigenvalue weighted by atomic mass is 9.86. The van der Waals surface area contributed by atoms with E-state index >= 15 is 0 Å². The number of H-pyrrole nitrogens is 1. The van der Waals surface area contributed by atoms with Crippen molar-refractivity contribution in [3.63, 3.8) is 0 Å². The zero-order valence-corrected chi connectivity index (χ0v) is 15.9. The maximum absolute atomic E-state index is 12.5. The highest BCUT2D eigenvalue weighted by Crippen LogP contribution is 2.40. The first kappa shape index (κ1) is 18.0. The molecule has 0 aliphatic carbocycles. The predicted octanol–water partition coefficient (Wildman–Crippen LogP) is 2.53. The third-order valence-corrected chi connectivity index (χ3v) is 4.62. The van der Waals surface area contributed by atoms with Gasteiger partial charge in [-0.3, -0.25) is 9.59 Å². The van der Waals surface area contributed by atoms with Gasteiger partial charge in [0.15, 0.2) is 5.82 Å². The second kappa shape index (κ2) is 6.95. The minimum absolute atomic E-state index is 0.0660. The second-order valence-electron chi connectivity index (χ2n) is 7.08. The van der Waals surface area contributed by atoms with Crippen molar-refractivity contribution in [3.05, 3.63) is 63.6 Å². The first-order chi connectivity index (χ1) is 13.4. The van der Waals surface area contributed by atoms with Gasteiger partial charge in [0.1, 0.15) is 11.6 Å². The fourth-order valence-electron chi connectivity index (χ4n) is 3.53. The van der Waals surface area contributed by atoms with Crippen molar-refractivity contribution in [2.24, 2.45) is 0 Å². The lowest BCUT2D eigenvalue weighted by molar-refractivity contribution is -0.116. The Balaban J connectivity index is 1.81. The summed E-state index contributed by atoms with van der Waals surface area (Å²) in [5.41, 5.74) is 2.43. The number of anilines is 1. The molecule has 1 aliphatic rings. The number of fused-ring (bicyclic) bond motifs is 1. The van der Waals surface area contributed by atoms with E-state index in [2.05, 4.69) is 20.6 Å². The summed E-state index contributed by atoms with van der Waals surface area (Å²) in [4.78, 5) is 23.8. The highest BCUT2D eigenvalue weighted by Gasteiger charge is 2.33. The number of nitrogens with one attached hydrogen (secondary N) is 2. The van der Waals surface area contributed by atoms with Crippen LogP contribution in [-0.2, 0) is 4.79 Å². The van der Waals surface area contributed by atoms with Crippen LogP contribution in [0.3, 0.4) is 0 Å². The van der Waals surface area contributed by atoms with Crippen LogP contribution in [0.4, 0.5) is 5.82 Å². The molecule has 8 nitrogen and oxygen atoms in total. The van der Waals surface area contributed by atoms with Gasteiger partial charge in [0.2, 0.25) is 5.91 Å². The van der Waals surface area contributed by atoms with Crippen molar-refractivity contribution < 1.29 is 9.53 Å². The van der Waals surface area contributed by atoms with Gasteiger partial charge >= 0.3 is 0 Å². The lowest BCUT2D eigenvalue weighted by Gasteiger charge is -2.24. The third kappa shape index (κ3) is 3.28. The molecule has 0 radical (unpaired) electrons. The average Bonchev–Trinajstić information content (AvgIpc) is 2.98. The van der Waals surface area contributed by atoms with Crippen LogP contribution < -0.4 is 15.6 Å². The minimum atomic E-state index is -0.301. The quantitative estimate of drug-likeness (QED) is 0.725. The average molecular weight is 379 g/mol. The van der Waals surface area contributed by atoms with Gasteiger partial charge in [0.05, 0.1) is 11.8 Å². The number of aromatic nitrogens is 4. The van der Waals surface area contributed by atoms with Gasteiger partial charge in [-0.2, -0.15) is 14.9 Å². The highest BCUT2D eigenvalue weighted by molar-refractivity contribution is 5.95. The smallest absolute Gasteiger partial charge is 0.264 e. The van der Waals surface area contributed by atoms with Gasteiger partial charge in [0, 0.05) is 24.0 Å². The maximum atomic E-state index is 12.5. The molecular formula is C20H21N5O3. The molecule has 0 saturated heterocycles. The van der Waals surface area contributed by atoms with E-state index in [0.29, 0.717) is 18.1 Å². The topological polar surface area (TPSA) is 102 Å². The second-order valence-corrected chi connectivity index (χ2v) is 7.08. The zero-order chi connectivity index (χ0) is 19.8. The molecule has 0 fully saturated rings. The molecule has 1 aliphatic heterocycles. The molecule has 144 valence electrons. The molecule has 3 heterocycles. The highest BCUT2D eigenvalue weighted by atomic mass is 16.5. The summed E-state index contributed by atoms with van der Waals surface area (Å²) < 4.78 is 7.37. The summed E-state index contributed by atoms with van der Waals surface area (Å²) >= 11 is 0. The summed E-state index contributed by atoms with van der Waals surface area (Å²) in [6.45, 7) is 5.86. The number of ether oxygens (including phenoxy) is 1. The molecule has 0 unspecified atom stereocenters. The van der Waals surface area contributed by atoms with Gasteiger partial charge in [-0.25, -0.2) is 5.10 Å². The van der Waals surface area contributed by atoms with Crippen molar-refractivity contribution in [2.45, 2.75) is 39.2 Å². The van der Waals surface area contributed by atoms with Crippen LogP contribution in [0.15, 0.2) is 41.2 Å². The van der Waals surface area contributed by atoms with Gasteiger partial charge < -0.3 is 10.1 Å². The molecule has 0 bridgehead atoms. The van der Waals surface area contributed by atoms with Crippen LogP contribution in [-0.4, -0.2) is 32.0 Å². The van der Waals surface area contributed by atoms with E-state index in [-0.39, 0.29) is 23.5 Å². The van der Waals surface area contributed by atoms with E-state index in [1.165, 1.54) is 6.07 Å². The summed E-state index contributed by atoms with van der Waals surface area (Å²) in [6, 6.07) is 10.8. The summed E-state index contributed by atoms with van der Waals surface area (Å²) in [5.74, 6) is 1.54. The Morgan fingerprint density at radius 2 is 2.04 bits per heavy atom. The Bertz CT molecular complexity index is 1080. The Hall–Kier alpha value is -3.42. The van der Waals surface area contributed by atoms with Crippen LogP contribution >= 0.6 is 0 Å². The van der Waals surface area contributed by atoms with Crippen LogP contribution in [0.2, 0.25) is 0 Å². The minimum Gasteiger partial charge on any atom is -0.491 e. The van der Waals surface area contributed by atoms with Gasteiger partial charge in [-0.15, -0.1) is 0 Å². The number of hydrogen-bond acceptors (Lipinski definition) is 5. The van der Waals surface area contributed by atoms with Crippen molar-refractivity contribution in [1.29, 1.82) is 0 Å². The Morgan fingerprint density at radius 1 is 1.21 bits per heavy atom. The van der Waals surface area contributed by atoms with Crippen LogP contribution in [0.5, 0.6) is 5.75 Å². The fraction of sp³-hybridized carbons (Fsp3) is 0.300. The van der Waals surface area contributed by atoms with E-state index in [0.717, 1.165) is 22.6 Å². The number of carbonyl (C=O) groups excluding carboxylic acids is 1. The Morgan fingerprint density at radius 3 is 2.75 bits per heavy atom. The van der Waals surface area contributed by atoms with E-state index in [1.807, 2.05) is 45.0 Å². The van der Waals surface area contributed by atoms with Gasteiger partial charge in [0.25, 0.3) is 5.56 Å². The molecule has 4 rings (SSSR count). The molecule has 1 atom stereocenters. The Labute approximate surface area is 161 Å². The number of aryl methyl sites for hydroxylation is 1. The van der Waals surface area contributed by atoms with Crippen LogP contribution in [0, 0.1) is 6.92 Å². The fourth-order valence-corrected chi connectivity index (χ4v) is 3.53. The summed E-state index contributed by atoms with van der Waals surface area (Å²) in [7, 11) is 0. The maximum Gasteiger partial charge on any atom is 0.264 e. The van der Waals surface area contributed by atoms with E-state index < -0.39 is 0 Å².